The highest BCUT2D eigenvalue weighted by Crippen LogP contribution is 2.28. The van der Waals surface area contributed by atoms with Crippen LogP contribution in [-0.2, 0) is 6.54 Å². The van der Waals surface area contributed by atoms with Gasteiger partial charge in [-0.15, -0.1) is 10.2 Å². The van der Waals surface area contributed by atoms with Gasteiger partial charge in [0.2, 0.25) is 5.89 Å². The summed E-state index contributed by atoms with van der Waals surface area (Å²) in [7, 11) is 1.62. The molecule has 0 saturated carbocycles. The Balaban J connectivity index is 1.72. The van der Waals surface area contributed by atoms with Gasteiger partial charge in [0.25, 0.3) is 5.89 Å². The van der Waals surface area contributed by atoms with Gasteiger partial charge in [-0.1, -0.05) is 29.8 Å². The predicted molar refractivity (Wildman–Crippen MR) is 84.8 cm³/mol. The number of hydrogen-bond donors (Lipinski definition) is 1. The monoisotopic (exact) mass is 295 g/mol. The number of hydrogen-bond acceptors (Lipinski definition) is 5. The molecule has 112 valence electrons. The highest BCUT2D eigenvalue weighted by atomic mass is 16.5. The fourth-order valence-corrected chi connectivity index (χ4v) is 2.10. The molecule has 0 amide bonds. The second-order valence-electron chi connectivity index (χ2n) is 4.92. The Morgan fingerprint density at radius 1 is 1.05 bits per heavy atom. The van der Waals surface area contributed by atoms with Crippen LogP contribution in [0.25, 0.3) is 11.5 Å². The lowest BCUT2D eigenvalue weighted by atomic mass is 10.2. The third kappa shape index (κ3) is 3.09. The fourth-order valence-electron chi connectivity index (χ4n) is 2.10. The number of nitrogens with zero attached hydrogens (tertiary/aromatic N) is 2. The summed E-state index contributed by atoms with van der Waals surface area (Å²) in [4.78, 5) is 0. The van der Waals surface area contributed by atoms with E-state index in [1.165, 1.54) is 5.56 Å². The Bertz CT molecular complexity index is 751. The summed E-state index contributed by atoms with van der Waals surface area (Å²) in [6, 6.07) is 15.7. The molecule has 0 saturated heterocycles. The van der Waals surface area contributed by atoms with Crippen LogP contribution in [0, 0.1) is 6.92 Å². The Morgan fingerprint density at radius 3 is 2.59 bits per heavy atom. The van der Waals surface area contributed by atoms with Crippen molar-refractivity contribution in [1.29, 1.82) is 0 Å². The van der Waals surface area contributed by atoms with Gasteiger partial charge < -0.3 is 14.5 Å². The molecule has 0 atom stereocenters. The Hall–Kier alpha value is -2.82. The van der Waals surface area contributed by atoms with Gasteiger partial charge in [0.15, 0.2) is 0 Å². The summed E-state index contributed by atoms with van der Waals surface area (Å²) in [5, 5.41) is 11.4. The average Bonchev–Trinajstić information content (AvgIpc) is 3.03. The Morgan fingerprint density at radius 2 is 1.82 bits per heavy atom. The first kappa shape index (κ1) is 14.1. The third-order valence-electron chi connectivity index (χ3n) is 3.30. The minimum atomic E-state index is 0.457. The smallest absolute Gasteiger partial charge is 0.251 e. The zero-order valence-electron chi connectivity index (χ0n) is 12.5. The Kier molecular flexibility index (Phi) is 4.05. The summed E-state index contributed by atoms with van der Waals surface area (Å²) in [5.74, 6) is 1.70. The summed E-state index contributed by atoms with van der Waals surface area (Å²) >= 11 is 0. The van der Waals surface area contributed by atoms with Gasteiger partial charge in [-0.25, -0.2) is 0 Å². The number of para-hydroxylation sites is 1. The first-order valence-corrected chi connectivity index (χ1v) is 7.02. The molecular formula is C17H17N3O2. The third-order valence-corrected chi connectivity index (χ3v) is 3.30. The highest BCUT2D eigenvalue weighted by molar-refractivity contribution is 5.62. The maximum atomic E-state index is 5.69. The lowest BCUT2D eigenvalue weighted by molar-refractivity contribution is 0.413. The number of nitrogens with one attached hydrogen (secondary N) is 1. The van der Waals surface area contributed by atoms with Crippen LogP contribution >= 0.6 is 0 Å². The van der Waals surface area contributed by atoms with Crippen LogP contribution in [0.2, 0.25) is 0 Å². The van der Waals surface area contributed by atoms with Crippen molar-refractivity contribution >= 4 is 5.69 Å². The van der Waals surface area contributed by atoms with Crippen molar-refractivity contribution in [3.8, 4) is 17.2 Å². The standard InChI is InChI=1S/C17H17N3O2/c1-12-7-9-13(10-8-12)18-11-16-19-20-17(22-16)14-5-3-4-6-15(14)21-2/h3-10,18H,11H2,1-2H3. The number of aryl methyl sites for hydroxylation is 1. The molecule has 0 unspecified atom stereocenters. The zero-order valence-corrected chi connectivity index (χ0v) is 12.5. The van der Waals surface area contributed by atoms with E-state index in [9.17, 15) is 0 Å². The lowest BCUT2D eigenvalue weighted by Crippen LogP contribution is -1.99. The molecule has 0 aliphatic carbocycles. The molecule has 2 aromatic carbocycles. The van der Waals surface area contributed by atoms with Crippen molar-refractivity contribution in [2.24, 2.45) is 0 Å². The Labute approximate surface area is 129 Å². The van der Waals surface area contributed by atoms with Crippen molar-refractivity contribution in [1.82, 2.24) is 10.2 Å². The normalized spacial score (nSPS) is 10.5. The van der Waals surface area contributed by atoms with E-state index in [0.29, 0.717) is 24.1 Å². The molecule has 1 aromatic heterocycles. The largest absolute Gasteiger partial charge is 0.496 e. The second-order valence-corrected chi connectivity index (χ2v) is 4.92. The minimum absolute atomic E-state index is 0.457. The van der Waals surface area contributed by atoms with Crippen LogP contribution in [0.3, 0.4) is 0 Å². The number of benzene rings is 2. The average molecular weight is 295 g/mol. The van der Waals surface area contributed by atoms with Crippen LogP contribution in [0.1, 0.15) is 11.5 Å². The van der Waals surface area contributed by atoms with Crippen LogP contribution in [-0.4, -0.2) is 17.3 Å². The van der Waals surface area contributed by atoms with E-state index in [1.807, 2.05) is 36.4 Å². The van der Waals surface area contributed by atoms with Gasteiger partial charge >= 0.3 is 0 Å². The molecule has 3 rings (SSSR count). The van der Waals surface area contributed by atoms with E-state index in [2.05, 4.69) is 34.6 Å². The summed E-state index contributed by atoms with van der Waals surface area (Å²) < 4.78 is 11.0. The van der Waals surface area contributed by atoms with E-state index in [1.54, 1.807) is 7.11 Å². The zero-order chi connectivity index (χ0) is 15.4. The van der Waals surface area contributed by atoms with Crippen molar-refractivity contribution in [3.05, 3.63) is 60.0 Å². The van der Waals surface area contributed by atoms with E-state index in [-0.39, 0.29) is 0 Å². The van der Waals surface area contributed by atoms with E-state index >= 15 is 0 Å². The van der Waals surface area contributed by atoms with Gasteiger partial charge in [0, 0.05) is 5.69 Å². The van der Waals surface area contributed by atoms with Crippen molar-refractivity contribution in [3.63, 3.8) is 0 Å². The molecule has 0 spiro atoms. The molecule has 0 bridgehead atoms. The number of rotatable bonds is 5. The van der Waals surface area contributed by atoms with E-state index in [4.69, 9.17) is 9.15 Å². The van der Waals surface area contributed by atoms with Crippen molar-refractivity contribution in [2.75, 3.05) is 12.4 Å². The first-order valence-electron chi connectivity index (χ1n) is 7.02. The molecule has 0 aliphatic heterocycles. The molecule has 1 N–H and O–H groups in total. The van der Waals surface area contributed by atoms with Crippen LogP contribution in [0.5, 0.6) is 5.75 Å². The molecule has 0 radical (unpaired) electrons. The van der Waals surface area contributed by atoms with Gasteiger partial charge in [-0.3, -0.25) is 0 Å². The van der Waals surface area contributed by atoms with Crippen LogP contribution < -0.4 is 10.1 Å². The molecular weight excluding hydrogens is 278 g/mol. The van der Waals surface area contributed by atoms with Crippen LogP contribution in [0.4, 0.5) is 5.69 Å². The molecule has 3 aromatic rings. The maximum Gasteiger partial charge on any atom is 0.251 e. The molecule has 22 heavy (non-hydrogen) atoms. The lowest BCUT2D eigenvalue weighted by Gasteiger charge is -2.04. The molecule has 1 heterocycles. The van der Waals surface area contributed by atoms with Gasteiger partial charge in [-0.2, -0.15) is 0 Å². The van der Waals surface area contributed by atoms with Gasteiger partial charge in [-0.05, 0) is 31.2 Å². The number of aromatic nitrogens is 2. The summed E-state index contributed by atoms with van der Waals surface area (Å²) in [6.07, 6.45) is 0. The van der Waals surface area contributed by atoms with E-state index in [0.717, 1.165) is 11.3 Å². The molecule has 0 aliphatic rings. The minimum Gasteiger partial charge on any atom is -0.496 e. The fraction of sp³-hybridized carbons (Fsp3) is 0.176. The van der Waals surface area contributed by atoms with E-state index < -0.39 is 0 Å². The number of ether oxygens (including phenoxy) is 1. The quantitative estimate of drug-likeness (QED) is 0.778. The first-order chi connectivity index (χ1) is 10.8. The summed E-state index contributed by atoms with van der Waals surface area (Å²) in [5.41, 5.74) is 3.03. The molecule has 5 nitrogen and oxygen atoms in total. The summed E-state index contributed by atoms with van der Waals surface area (Å²) in [6.45, 7) is 2.53. The van der Waals surface area contributed by atoms with Crippen molar-refractivity contribution in [2.45, 2.75) is 13.5 Å². The topological polar surface area (TPSA) is 60.2 Å². The molecule has 5 heteroatoms. The number of methoxy groups -OCH3 is 1. The number of anilines is 1. The van der Waals surface area contributed by atoms with Gasteiger partial charge in [0.05, 0.1) is 19.2 Å². The maximum absolute atomic E-state index is 5.69. The SMILES string of the molecule is COc1ccccc1-c1nnc(CNc2ccc(C)cc2)o1. The predicted octanol–water partition coefficient (Wildman–Crippen LogP) is 3.67. The van der Waals surface area contributed by atoms with Crippen molar-refractivity contribution < 1.29 is 9.15 Å². The highest BCUT2D eigenvalue weighted by Gasteiger charge is 2.12. The second kappa shape index (κ2) is 6.30. The van der Waals surface area contributed by atoms with Gasteiger partial charge in [0.1, 0.15) is 5.75 Å². The van der Waals surface area contributed by atoms with Crippen LogP contribution in [0.15, 0.2) is 52.9 Å². The molecule has 0 fully saturated rings.